The molecule has 1 heteroatoms. The van der Waals surface area contributed by atoms with Crippen LogP contribution in [0, 0.1) is 0 Å². The molecule has 22 heavy (non-hydrogen) atoms. The number of rotatable bonds is 3. The van der Waals surface area contributed by atoms with E-state index in [2.05, 4.69) is 81.5 Å². The molecule has 0 saturated heterocycles. The molecule has 0 N–H and O–H groups in total. The van der Waals surface area contributed by atoms with Crippen LogP contribution in [0.3, 0.4) is 0 Å². The van der Waals surface area contributed by atoms with Gasteiger partial charge in [-0.05, 0) is 11.0 Å². The summed E-state index contributed by atoms with van der Waals surface area (Å²) in [6.45, 7) is 6.74. The normalized spacial score (nSPS) is 15.2. The molecule has 2 aromatic rings. The monoisotopic (exact) mass is 292 g/mol. The fourth-order valence-corrected chi connectivity index (χ4v) is 2.95. The largest absolute Gasteiger partial charge is 0.489 e. The van der Waals surface area contributed by atoms with Crippen LogP contribution in [0.25, 0.3) is 11.1 Å². The van der Waals surface area contributed by atoms with Crippen LogP contribution < -0.4 is 4.74 Å². The van der Waals surface area contributed by atoms with Gasteiger partial charge in [0, 0.05) is 24.0 Å². The minimum absolute atomic E-state index is 0.0617. The molecule has 0 aliphatic heterocycles. The maximum atomic E-state index is 6.46. The minimum Gasteiger partial charge on any atom is -0.489 e. The Labute approximate surface area is 133 Å². The van der Waals surface area contributed by atoms with Gasteiger partial charge in [0.1, 0.15) is 11.9 Å². The van der Waals surface area contributed by atoms with E-state index < -0.39 is 0 Å². The predicted octanol–water partition coefficient (Wildman–Crippen LogP) is 5.75. The quantitative estimate of drug-likeness (QED) is 0.655. The molecule has 0 heterocycles. The number of hydrogen-bond acceptors (Lipinski definition) is 1. The van der Waals surface area contributed by atoms with Crippen LogP contribution in [0.15, 0.2) is 60.7 Å². The van der Waals surface area contributed by atoms with Crippen LogP contribution >= 0.6 is 0 Å². The summed E-state index contributed by atoms with van der Waals surface area (Å²) < 4.78 is 6.46. The van der Waals surface area contributed by atoms with Crippen molar-refractivity contribution < 1.29 is 4.74 Å². The van der Waals surface area contributed by atoms with Gasteiger partial charge >= 0.3 is 0 Å². The van der Waals surface area contributed by atoms with Gasteiger partial charge in [0.05, 0.1) is 0 Å². The lowest BCUT2D eigenvalue weighted by atomic mass is 9.84. The number of benzene rings is 2. The van der Waals surface area contributed by atoms with Crippen molar-refractivity contribution in [3.63, 3.8) is 0 Å². The van der Waals surface area contributed by atoms with Gasteiger partial charge in [-0.1, -0.05) is 81.5 Å². The summed E-state index contributed by atoms with van der Waals surface area (Å²) in [7, 11) is 0. The Morgan fingerprint density at radius 3 is 2.18 bits per heavy atom. The van der Waals surface area contributed by atoms with E-state index in [0.717, 1.165) is 18.6 Å². The fourth-order valence-electron chi connectivity index (χ4n) is 2.95. The Morgan fingerprint density at radius 1 is 0.864 bits per heavy atom. The maximum Gasteiger partial charge on any atom is 0.131 e. The van der Waals surface area contributed by atoms with Gasteiger partial charge in [0.25, 0.3) is 0 Å². The van der Waals surface area contributed by atoms with Crippen LogP contribution in [0.2, 0.25) is 0 Å². The zero-order valence-corrected chi connectivity index (χ0v) is 13.7. The average molecular weight is 292 g/mol. The molecule has 0 spiro atoms. The van der Waals surface area contributed by atoms with Gasteiger partial charge in [-0.25, -0.2) is 0 Å². The molecule has 0 unspecified atom stereocenters. The van der Waals surface area contributed by atoms with E-state index >= 15 is 0 Å². The average Bonchev–Trinajstić information content (AvgIpc) is 3.00. The molecule has 2 aromatic carbocycles. The highest BCUT2D eigenvalue weighted by atomic mass is 16.5. The van der Waals surface area contributed by atoms with Gasteiger partial charge in [0.2, 0.25) is 0 Å². The molecule has 0 radical (unpaired) electrons. The SMILES string of the molecule is CC(C)(C)c1cccc(-c2ccccc2)c1OC1CC=CC1. The first-order valence-corrected chi connectivity index (χ1v) is 8.06. The maximum absolute atomic E-state index is 6.46. The van der Waals surface area contributed by atoms with E-state index in [0.29, 0.717) is 0 Å². The zero-order valence-electron chi connectivity index (χ0n) is 13.7. The molecule has 1 aliphatic carbocycles. The van der Waals surface area contributed by atoms with Crippen molar-refractivity contribution in [3.05, 3.63) is 66.2 Å². The molecular weight excluding hydrogens is 268 g/mol. The number of ether oxygens (including phenoxy) is 1. The molecule has 0 fully saturated rings. The Morgan fingerprint density at radius 2 is 1.55 bits per heavy atom. The zero-order chi connectivity index (χ0) is 15.6. The summed E-state index contributed by atoms with van der Waals surface area (Å²) in [4.78, 5) is 0. The summed E-state index contributed by atoms with van der Waals surface area (Å²) in [5.74, 6) is 1.05. The lowest BCUT2D eigenvalue weighted by molar-refractivity contribution is 0.212. The third-order valence-corrected chi connectivity index (χ3v) is 4.16. The summed E-state index contributed by atoms with van der Waals surface area (Å²) >= 11 is 0. The van der Waals surface area contributed by atoms with Gasteiger partial charge in [-0.2, -0.15) is 0 Å². The fraction of sp³-hybridized carbons (Fsp3) is 0.333. The third kappa shape index (κ3) is 3.09. The van der Waals surface area contributed by atoms with Gasteiger partial charge in [-0.3, -0.25) is 0 Å². The van der Waals surface area contributed by atoms with Crippen LogP contribution in [-0.2, 0) is 5.41 Å². The molecule has 3 rings (SSSR count). The van der Waals surface area contributed by atoms with Gasteiger partial charge in [-0.15, -0.1) is 0 Å². The third-order valence-electron chi connectivity index (χ3n) is 4.16. The Bertz CT molecular complexity index is 654. The van der Waals surface area contributed by atoms with Gasteiger partial charge < -0.3 is 4.74 Å². The van der Waals surface area contributed by atoms with Crippen molar-refractivity contribution in [2.24, 2.45) is 0 Å². The molecule has 0 bridgehead atoms. The summed E-state index contributed by atoms with van der Waals surface area (Å²) in [6, 6.07) is 17.0. The van der Waals surface area contributed by atoms with Crippen LogP contribution in [0.4, 0.5) is 0 Å². The molecule has 1 aliphatic rings. The second kappa shape index (κ2) is 6.00. The van der Waals surface area contributed by atoms with E-state index in [9.17, 15) is 0 Å². The summed E-state index contributed by atoms with van der Waals surface area (Å²) in [5.41, 5.74) is 3.75. The van der Waals surface area contributed by atoms with E-state index in [-0.39, 0.29) is 11.5 Å². The first-order chi connectivity index (χ1) is 10.6. The van der Waals surface area contributed by atoms with Crippen molar-refractivity contribution in [2.75, 3.05) is 0 Å². The molecule has 114 valence electrons. The van der Waals surface area contributed by atoms with Gasteiger partial charge in [0.15, 0.2) is 0 Å². The second-order valence-electron chi connectivity index (χ2n) is 6.98. The topological polar surface area (TPSA) is 9.23 Å². The predicted molar refractivity (Wildman–Crippen MR) is 93.4 cm³/mol. The lowest BCUT2D eigenvalue weighted by Gasteiger charge is -2.27. The second-order valence-corrected chi connectivity index (χ2v) is 6.98. The van der Waals surface area contributed by atoms with Crippen molar-refractivity contribution in [2.45, 2.75) is 45.1 Å². The Balaban J connectivity index is 2.08. The van der Waals surface area contributed by atoms with Crippen molar-refractivity contribution in [3.8, 4) is 16.9 Å². The molecule has 0 saturated carbocycles. The highest BCUT2D eigenvalue weighted by Gasteiger charge is 2.24. The Kier molecular flexibility index (Phi) is 4.06. The highest BCUT2D eigenvalue weighted by molar-refractivity contribution is 5.72. The van der Waals surface area contributed by atoms with E-state index in [1.807, 2.05) is 0 Å². The first kappa shape index (κ1) is 14.9. The molecular formula is C21H24O. The summed E-state index contributed by atoms with van der Waals surface area (Å²) in [6.07, 6.45) is 6.71. The Hall–Kier alpha value is -2.02. The molecule has 0 atom stereocenters. The first-order valence-electron chi connectivity index (χ1n) is 8.06. The summed E-state index contributed by atoms with van der Waals surface area (Å²) in [5, 5.41) is 0. The van der Waals surface area contributed by atoms with E-state index in [1.165, 1.54) is 16.7 Å². The van der Waals surface area contributed by atoms with Crippen molar-refractivity contribution in [1.82, 2.24) is 0 Å². The molecule has 0 aromatic heterocycles. The van der Waals surface area contributed by atoms with Crippen molar-refractivity contribution >= 4 is 0 Å². The molecule has 1 nitrogen and oxygen atoms in total. The smallest absolute Gasteiger partial charge is 0.131 e. The van der Waals surface area contributed by atoms with E-state index in [1.54, 1.807) is 0 Å². The molecule has 0 amide bonds. The highest BCUT2D eigenvalue weighted by Crippen LogP contribution is 2.40. The number of hydrogen-bond donors (Lipinski definition) is 0. The van der Waals surface area contributed by atoms with Crippen LogP contribution in [0.1, 0.15) is 39.2 Å². The van der Waals surface area contributed by atoms with Crippen molar-refractivity contribution in [1.29, 1.82) is 0 Å². The van der Waals surface area contributed by atoms with Crippen LogP contribution in [0.5, 0.6) is 5.75 Å². The standard InChI is InChI=1S/C21H24O/c1-21(2,3)19-15-9-14-18(16-10-5-4-6-11-16)20(19)22-17-12-7-8-13-17/h4-11,14-15,17H,12-13H2,1-3H3. The number of para-hydroxylation sites is 1. The van der Waals surface area contributed by atoms with E-state index in [4.69, 9.17) is 4.74 Å². The van der Waals surface area contributed by atoms with Crippen LogP contribution in [-0.4, -0.2) is 6.10 Å². The minimum atomic E-state index is 0.0617. The lowest BCUT2D eigenvalue weighted by Crippen LogP contribution is -2.18.